The van der Waals surface area contributed by atoms with Crippen molar-refractivity contribution in [3.63, 3.8) is 0 Å². The number of benzene rings is 2. The summed E-state index contributed by atoms with van der Waals surface area (Å²) in [6.07, 6.45) is -0.328. The minimum absolute atomic E-state index is 0.0368. The summed E-state index contributed by atoms with van der Waals surface area (Å²) < 4.78 is 5.38. The lowest BCUT2D eigenvalue weighted by molar-refractivity contribution is -0.139. The second-order valence-corrected chi connectivity index (χ2v) is 6.94. The smallest absolute Gasteiger partial charge is 0.407 e. The highest BCUT2D eigenvalue weighted by atomic mass is 16.5. The molecule has 1 heterocycles. The van der Waals surface area contributed by atoms with Crippen molar-refractivity contribution in [2.24, 2.45) is 0 Å². The summed E-state index contributed by atoms with van der Waals surface area (Å²) in [4.78, 5) is 39.6. The number of carbonyl (C=O) groups is 3. The van der Waals surface area contributed by atoms with Gasteiger partial charge in [-0.1, -0.05) is 48.5 Å². The lowest BCUT2D eigenvalue weighted by atomic mass is 9.98. The highest BCUT2D eigenvalue weighted by Gasteiger charge is 2.30. The molecule has 2 amide bonds. The third-order valence-corrected chi connectivity index (χ3v) is 4.99. The molecule has 0 bridgehead atoms. The number of aliphatic carboxylic acids is 1. The molecule has 0 saturated heterocycles. The first-order chi connectivity index (χ1) is 15.0. The van der Waals surface area contributed by atoms with E-state index in [0.29, 0.717) is 0 Å². The molecule has 1 atom stereocenters. The minimum atomic E-state index is -1.35. The molecule has 1 unspecified atom stereocenters. The SMILES string of the molecule is O=C(O)CC(NC(=O)OCC1c2ccccc2-c2ccccc21)C(=O)Nc1ncn[nH]1. The largest absolute Gasteiger partial charge is 0.481 e. The lowest BCUT2D eigenvalue weighted by Crippen LogP contribution is -2.45. The Hall–Kier alpha value is -4.21. The summed E-state index contributed by atoms with van der Waals surface area (Å²) in [5.74, 6) is -2.13. The topological polar surface area (TPSA) is 146 Å². The van der Waals surface area contributed by atoms with Crippen molar-refractivity contribution in [2.45, 2.75) is 18.4 Å². The van der Waals surface area contributed by atoms with Gasteiger partial charge in [0, 0.05) is 5.92 Å². The minimum Gasteiger partial charge on any atom is -0.481 e. The predicted molar refractivity (Wildman–Crippen MR) is 109 cm³/mol. The van der Waals surface area contributed by atoms with Gasteiger partial charge >= 0.3 is 12.1 Å². The molecule has 4 N–H and O–H groups in total. The summed E-state index contributed by atoms with van der Waals surface area (Å²) in [6, 6.07) is 14.4. The monoisotopic (exact) mass is 421 g/mol. The molecular formula is C21H19N5O5. The summed E-state index contributed by atoms with van der Waals surface area (Å²) in [5, 5.41) is 19.8. The van der Waals surface area contributed by atoms with E-state index in [4.69, 9.17) is 9.84 Å². The number of carboxylic acids is 1. The maximum Gasteiger partial charge on any atom is 0.407 e. The van der Waals surface area contributed by atoms with Crippen molar-refractivity contribution in [1.82, 2.24) is 20.5 Å². The summed E-state index contributed by atoms with van der Waals surface area (Å²) >= 11 is 0. The van der Waals surface area contributed by atoms with Gasteiger partial charge in [0.25, 0.3) is 0 Å². The maximum absolute atomic E-state index is 12.4. The molecule has 0 radical (unpaired) electrons. The van der Waals surface area contributed by atoms with Crippen LogP contribution in [-0.4, -0.2) is 50.9 Å². The van der Waals surface area contributed by atoms with Gasteiger partial charge in [0.05, 0.1) is 6.42 Å². The number of nitrogens with zero attached hydrogens (tertiary/aromatic N) is 2. The van der Waals surface area contributed by atoms with Crippen molar-refractivity contribution < 1.29 is 24.2 Å². The molecule has 0 saturated carbocycles. The van der Waals surface area contributed by atoms with Crippen LogP contribution in [0.2, 0.25) is 0 Å². The third-order valence-electron chi connectivity index (χ3n) is 4.99. The number of aromatic nitrogens is 3. The molecule has 0 fully saturated rings. The zero-order valence-electron chi connectivity index (χ0n) is 16.2. The number of hydrogen-bond acceptors (Lipinski definition) is 6. The zero-order valence-corrected chi connectivity index (χ0v) is 16.2. The van der Waals surface area contributed by atoms with Gasteiger partial charge in [-0.25, -0.2) is 9.89 Å². The van der Waals surface area contributed by atoms with Crippen LogP contribution in [0.4, 0.5) is 10.7 Å². The number of carboxylic acid groups (broad SMARTS) is 1. The van der Waals surface area contributed by atoms with Crippen LogP contribution in [-0.2, 0) is 14.3 Å². The highest BCUT2D eigenvalue weighted by Crippen LogP contribution is 2.44. The molecule has 1 aromatic heterocycles. The Labute approximate surface area is 176 Å². The van der Waals surface area contributed by atoms with E-state index < -0.39 is 30.4 Å². The average Bonchev–Trinajstić information content (AvgIpc) is 3.37. The molecule has 0 spiro atoms. The second kappa shape index (κ2) is 8.66. The van der Waals surface area contributed by atoms with Gasteiger partial charge in [0.1, 0.15) is 19.0 Å². The fraction of sp³-hybridized carbons (Fsp3) is 0.190. The Morgan fingerprint density at radius 2 is 1.71 bits per heavy atom. The van der Waals surface area contributed by atoms with Crippen molar-refractivity contribution in [1.29, 1.82) is 0 Å². The maximum atomic E-state index is 12.4. The first kappa shape index (κ1) is 20.1. The summed E-state index contributed by atoms with van der Waals surface area (Å²) in [5.41, 5.74) is 4.26. The molecule has 158 valence electrons. The van der Waals surface area contributed by atoms with Crippen LogP contribution >= 0.6 is 0 Å². The molecule has 4 rings (SSSR count). The molecule has 31 heavy (non-hydrogen) atoms. The summed E-state index contributed by atoms with van der Waals surface area (Å²) in [6.45, 7) is 0.0450. The van der Waals surface area contributed by atoms with Gasteiger partial charge in [0.2, 0.25) is 11.9 Å². The van der Waals surface area contributed by atoms with Crippen LogP contribution < -0.4 is 10.6 Å². The molecule has 10 heteroatoms. The van der Waals surface area contributed by atoms with E-state index in [-0.39, 0.29) is 18.5 Å². The molecule has 0 aliphatic heterocycles. The lowest BCUT2D eigenvalue weighted by Gasteiger charge is -2.18. The number of alkyl carbamates (subject to hydrolysis) is 1. The molecular weight excluding hydrogens is 402 g/mol. The fourth-order valence-corrected chi connectivity index (χ4v) is 3.64. The first-order valence-corrected chi connectivity index (χ1v) is 9.52. The normalized spacial score (nSPS) is 13.0. The highest BCUT2D eigenvalue weighted by molar-refractivity contribution is 5.97. The van der Waals surface area contributed by atoms with E-state index in [1.165, 1.54) is 6.33 Å². The number of fused-ring (bicyclic) bond motifs is 3. The average molecular weight is 421 g/mol. The number of hydrogen-bond donors (Lipinski definition) is 4. The Balaban J connectivity index is 1.43. The number of nitrogens with one attached hydrogen (secondary N) is 3. The van der Waals surface area contributed by atoms with Crippen LogP contribution in [0.15, 0.2) is 54.9 Å². The van der Waals surface area contributed by atoms with E-state index in [1.54, 1.807) is 0 Å². The van der Waals surface area contributed by atoms with Gasteiger partial charge < -0.3 is 15.2 Å². The van der Waals surface area contributed by atoms with Gasteiger partial charge in [0.15, 0.2) is 0 Å². The molecule has 1 aliphatic carbocycles. The van der Waals surface area contributed by atoms with Gasteiger partial charge in [-0.3, -0.25) is 14.9 Å². The molecule has 1 aliphatic rings. The Morgan fingerprint density at radius 1 is 1.06 bits per heavy atom. The third kappa shape index (κ3) is 4.37. The molecule has 2 aromatic carbocycles. The zero-order chi connectivity index (χ0) is 21.8. The molecule has 3 aromatic rings. The number of ether oxygens (including phenoxy) is 1. The number of carbonyl (C=O) groups excluding carboxylic acids is 2. The number of H-pyrrole nitrogens is 1. The predicted octanol–water partition coefficient (Wildman–Crippen LogP) is 2.13. The van der Waals surface area contributed by atoms with Crippen LogP contribution in [0, 0.1) is 0 Å². The first-order valence-electron chi connectivity index (χ1n) is 9.52. The summed E-state index contributed by atoms with van der Waals surface area (Å²) in [7, 11) is 0. The number of rotatable bonds is 7. The van der Waals surface area contributed by atoms with E-state index in [1.807, 2.05) is 48.5 Å². The van der Waals surface area contributed by atoms with Crippen LogP contribution in [0.5, 0.6) is 0 Å². The molecule has 10 nitrogen and oxygen atoms in total. The second-order valence-electron chi connectivity index (χ2n) is 6.94. The Morgan fingerprint density at radius 3 is 2.29 bits per heavy atom. The van der Waals surface area contributed by atoms with E-state index in [0.717, 1.165) is 22.3 Å². The number of amides is 2. The van der Waals surface area contributed by atoms with Crippen LogP contribution in [0.1, 0.15) is 23.5 Å². The van der Waals surface area contributed by atoms with Crippen molar-refractivity contribution in [3.05, 3.63) is 66.0 Å². The van der Waals surface area contributed by atoms with E-state index in [2.05, 4.69) is 25.8 Å². The van der Waals surface area contributed by atoms with Crippen LogP contribution in [0.25, 0.3) is 11.1 Å². The van der Waals surface area contributed by atoms with Gasteiger partial charge in [-0.2, -0.15) is 10.1 Å². The van der Waals surface area contributed by atoms with Gasteiger partial charge in [-0.05, 0) is 22.3 Å². The quantitative estimate of drug-likeness (QED) is 0.457. The van der Waals surface area contributed by atoms with E-state index in [9.17, 15) is 14.4 Å². The Bertz CT molecular complexity index is 1070. The number of aromatic amines is 1. The van der Waals surface area contributed by atoms with Crippen molar-refractivity contribution in [3.8, 4) is 11.1 Å². The standard InChI is InChI=1S/C21H19N5O5/c27-18(28)9-17(19(29)25-20-22-11-23-26-20)24-21(30)31-10-16-14-7-3-1-5-12(14)13-6-2-4-8-15(13)16/h1-8,11,16-17H,9-10H2,(H,24,30)(H,27,28)(H2,22,23,25,26,29). The Kier molecular flexibility index (Phi) is 5.61. The van der Waals surface area contributed by atoms with Crippen molar-refractivity contribution in [2.75, 3.05) is 11.9 Å². The van der Waals surface area contributed by atoms with Gasteiger partial charge in [-0.15, -0.1) is 0 Å². The van der Waals surface area contributed by atoms with Crippen molar-refractivity contribution >= 4 is 23.9 Å². The van der Waals surface area contributed by atoms with Crippen LogP contribution in [0.3, 0.4) is 0 Å². The fourth-order valence-electron chi connectivity index (χ4n) is 3.64. The van der Waals surface area contributed by atoms with E-state index >= 15 is 0 Å². The number of anilines is 1.